The predicted octanol–water partition coefficient (Wildman–Crippen LogP) is 14.3. The van der Waals surface area contributed by atoms with Gasteiger partial charge in [-0.15, -0.1) is 0 Å². The Bertz CT molecular complexity index is 2730. The lowest BCUT2D eigenvalue weighted by Gasteiger charge is -2.34. The number of hydrogen-bond acceptors (Lipinski definition) is 3. The maximum absolute atomic E-state index is 6.33. The summed E-state index contributed by atoms with van der Waals surface area (Å²) in [5, 5.41) is 2.52. The molecule has 7 aromatic carbocycles. The number of fused-ring (bicyclic) bond motifs is 8. The zero-order valence-corrected chi connectivity index (χ0v) is 31.7. The predicted molar refractivity (Wildman–Crippen MR) is 233 cm³/mol. The van der Waals surface area contributed by atoms with Gasteiger partial charge in [0.15, 0.2) is 11.5 Å². The summed E-state index contributed by atoms with van der Waals surface area (Å²) in [6.07, 6.45) is 12.5. The molecule has 11 rings (SSSR count). The number of para-hydroxylation sites is 6. The minimum Gasteiger partial charge on any atom is -0.453 e. The van der Waals surface area contributed by atoms with Gasteiger partial charge in [-0.2, -0.15) is 0 Å². The summed E-state index contributed by atoms with van der Waals surface area (Å²) in [5.41, 5.74) is 16.6. The fourth-order valence-electron chi connectivity index (χ4n) is 9.78. The number of allylic oxidation sites excluding steroid dienone is 5. The molecular weight excluding hydrogens is 681 g/mol. The summed E-state index contributed by atoms with van der Waals surface area (Å²) in [7, 11) is 0. The van der Waals surface area contributed by atoms with E-state index < -0.39 is 0 Å². The summed E-state index contributed by atoms with van der Waals surface area (Å²) in [5.74, 6) is 2.15. The molecule has 2 aliphatic heterocycles. The molecule has 3 heteroatoms. The Morgan fingerprint density at radius 1 is 0.554 bits per heavy atom. The fraction of sp³-hybridized carbons (Fsp3) is 0.132. The largest absolute Gasteiger partial charge is 0.453 e. The molecule has 4 aliphatic rings. The third-order valence-electron chi connectivity index (χ3n) is 12.6. The van der Waals surface area contributed by atoms with E-state index in [0.29, 0.717) is 5.92 Å². The molecular formula is C53H42N2O. The van der Waals surface area contributed by atoms with Crippen LogP contribution in [0.1, 0.15) is 48.1 Å². The minimum atomic E-state index is -0.0378. The van der Waals surface area contributed by atoms with Crippen molar-refractivity contribution in [3.8, 4) is 11.5 Å². The molecule has 2 heterocycles. The Morgan fingerprint density at radius 2 is 1.16 bits per heavy atom. The van der Waals surface area contributed by atoms with Crippen LogP contribution in [0.25, 0.3) is 22.4 Å². The van der Waals surface area contributed by atoms with Gasteiger partial charge in [-0.05, 0) is 130 Å². The van der Waals surface area contributed by atoms with Crippen LogP contribution < -0.4 is 14.5 Å². The van der Waals surface area contributed by atoms with Crippen LogP contribution in [0, 0.1) is 5.92 Å². The van der Waals surface area contributed by atoms with Crippen molar-refractivity contribution in [2.75, 3.05) is 9.80 Å². The minimum absolute atomic E-state index is 0.0378. The van der Waals surface area contributed by atoms with Gasteiger partial charge in [-0.3, -0.25) is 0 Å². The van der Waals surface area contributed by atoms with E-state index in [1.165, 1.54) is 66.8 Å². The number of rotatable bonds is 4. The first-order valence-electron chi connectivity index (χ1n) is 19.9. The van der Waals surface area contributed by atoms with E-state index in [2.05, 4.69) is 187 Å². The molecule has 0 saturated carbocycles. The second-order valence-electron chi connectivity index (χ2n) is 16.1. The Hall–Kier alpha value is -6.58. The Balaban J connectivity index is 0.929. The lowest BCUT2D eigenvalue weighted by atomic mass is 9.73. The molecule has 1 atom stereocenters. The second kappa shape index (κ2) is 12.7. The van der Waals surface area contributed by atoms with Crippen molar-refractivity contribution < 1.29 is 4.74 Å². The third kappa shape index (κ3) is 5.11. The first-order chi connectivity index (χ1) is 27.5. The molecule has 56 heavy (non-hydrogen) atoms. The SMILES string of the molecule is CC1(C)c2cc(N3c4ccccc4Oc4ccccc43)ccc2C2=CC=C(C=Cc3ccc(N4c5ccccc5CCc5ccccc54)c4ccccc34)CC21. The summed E-state index contributed by atoms with van der Waals surface area (Å²) in [6.45, 7) is 4.86. The summed E-state index contributed by atoms with van der Waals surface area (Å²) in [4.78, 5) is 4.85. The molecule has 0 amide bonds. The second-order valence-corrected chi connectivity index (χ2v) is 16.1. The van der Waals surface area contributed by atoms with Gasteiger partial charge in [0, 0.05) is 22.4 Å². The van der Waals surface area contributed by atoms with E-state index in [0.717, 1.165) is 47.8 Å². The molecule has 1 unspecified atom stereocenters. The van der Waals surface area contributed by atoms with Crippen molar-refractivity contribution >= 4 is 56.5 Å². The third-order valence-corrected chi connectivity index (χ3v) is 12.6. The van der Waals surface area contributed by atoms with E-state index in [1.807, 2.05) is 12.1 Å². The molecule has 0 radical (unpaired) electrons. The normalized spacial score (nSPS) is 17.4. The Morgan fingerprint density at radius 3 is 1.86 bits per heavy atom. The first kappa shape index (κ1) is 32.8. The van der Waals surface area contributed by atoms with E-state index in [4.69, 9.17) is 4.74 Å². The van der Waals surface area contributed by atoms with Gasteiger partial charge >= 0.3 is 0 Å². The smallest absolute Gasteiger partial charge is 0.151 e. The maximum atomic E-state index is 6.33. The van der Waals surface area contributed by atoms with Gasteiger partial charge in [0.05, 0.1) is 17.1 Å². The van der Waals surface area contributed by atoms with E-state index >= 15 is 0 Å². The van der Waals surface area contributed by atoms with Crippen molar-refractivity contribution in [1.29, 1.82) is 0 Å². The number of benzene rings is 7. The number of nitrogens with zero attached hydrogens (tertiary/aromatic N) is 2. The average molecular weight is 723 g/mol. The van der Waals surface area contributed by atoms with Gasteiger partial charge in [0.2, 0.25) is 0 Å². The highest BCUT2D eigenvalue weighted by molar-refractivity contribution is 6.03. The Kier molecular flexibility index (Phi) is 7.47. The van der Waals surface area contributed by atoms with Crippen LogP contribution in [0.3, 0.4) is 0 Å². The molecule has 0 fully saturated rings. The fourth-order valence-corrected chi connectivity index (χ4v) is 9.78. The quantitative estimate of drug-likeness (QED) is 0.180. The van der Waals surface area contributed by atoms with E-state index in [9.17, 15) is 0 Å². The van der Waals surface area contributed by atoms with Crippen LogP contribution >= 0.6 is 0 Å². The van der Waals surface area contributed by atoms with Crippen molar-refractivity contribution in [2.45, 2.75) is 38.5 Å². The van der Waals surface area contributed by atoms with Crippen molar-refractivity contribution in [3.05, 3.63) is 203 Å². The number of hydrogen-bond donors (Lipinski definition) is 0. The monoisotopic (exact) mass is 722 g/mol. The zero-order chi connectivity index (χ0) is 37.4. The van der Waals surface area contributed by atoms with Crippen LogP contribution in [0.2, 0.25) is 0 Å². The topological polar surface area (TPSA) is 15.7 Å². The molecule has 3 nitrogen and oxygen atoms in total. The highest BCUT2D eigenvalue weighted by Crippen LogP contribution is 2.57. The van der Waals surface area contributed by atoms with Crippen LogP contribution in [0.5, 0.6) is 11.5 Å². The summed E-state index contributed by atoms with van der Waals surface area (Å²) >= 11 is 0. The van der Waals surface area contributed by atoms with Crippen molar-refractivity contribution in [2.24, 2.45) is 5.92 Å². The van der Waals surface area contributed by atoms with Crippen molar-refractivity contribution in [3.63, 3.8) is 0 Å². The molecule has 0 spiro atoms. The van der Waals surface area contributed by atoms with E-state index in [-0.39, 0.29) is 5.41 Å². The first-order valence-corrected chi connectivity index (χ1v) is 19.9. The zero-order valence-electron chi connectivity index (χ0n) is 31.7. The molecule has 7 aromatic rings. The number of aryl methyl sites for hydroxylation is 2. The number of anilines is 6. The van der Waals surface area contributed by atoms with E-state index in [1.54, 1.807) is 0 Å². The molecule has 0 saturated heterocycles. The van der Waals surface area contributed by atoms with Crippen LogP contribution in [-0.4, -0.2) is 0 Å². The molecule has 0 N–H and O–H groups in total. The van der Waals surface area contributed by atoms with Gasteiger partial charge in [-0.1, -0.05) is 135 Å². The van der Waals surface area contributed by atoms with Crippen LogP contribution in [0.4, 0.5) is 34.1 Å². The van der Waals surface area contributed by atoms with Gasteiger partial charge in [-0.25, -0.2) is 0 Å². The van der Waals surface area contributed by atoms with Gasteiger partial charge in [0.1, 0.15) is 0 Å². The summed E-state index contributed by atoms with van der Waals surface area (Å²) in [6, 6.07) is 55.1. The number of ether oxygens (including phenoxy) is 1. The summed E-state index contributed by atoms with van der Waals surface area (Å²) < 4.78 is 6.33. The van der Waals surface area contributed by atoms with Crippen LogP contribution in [-0.2, 0) is 18.3 Å². The molecule has 2 aliphatic carbocycles. The van der Waals surface area contributed by atoms with Crippen molar-refractivity contribution in [1.82, 2.24) is 0 Å². The highest BCUT2D eigenvalue weighted by atomic mass is 16.5. The maximum Gasteiger partial charge on any atom is 0.151 e. The molecule has 0 bridgehead atoms. The van der Waals surface area contributed by atoms with Gasteiger partial charge in [0.25, 0.3) is 0 Å². The van der Waals surface area contributed by atoms with Gasteiger partial charge < -0.3 is 14.5 Å². The standard InChI is InChI=1S/C53H42N2O/c1-53(2)44-33-35(24-30-41(44)42-31-29-39(34-45(42)53)54-49-19-9-11-21-51(49)56-52-22-12-10-20-50(52)54)23-25-36-28-32-48(43-16-6-5-15-40(36)43)55-46-17-7-3-13-37(46)26-27-38-14-4-8-18-47(38)55/h3-25,28-32,34,44H,26-27,33H2,1-2H3. The lowest BCUT2D eigenvalue weighted by Crippen LogP contribution is -2.25. The highest BCUT2D eigenvalue weighted by Gasteiger charge is 2.44. The molecule has 270 valence electrons. The molecule has 0 aromatic heterocycles. The lowest BCUT2D eigenvalue weighted by molar-refractivity contribution is 0.410. The Labute approximate surface area is 329 Å². The average Bonchev–Trinajstić information content (AvgIpc) is 3.34. The van der Waals surface area contributed by atoms with Crippen LogP contribution in [0.15, 0.2) is 175 Å².